The summed E-state index contributed by atoms with van der Waals surface area (Å²) in [5.41, 5.74) is 2.56. The van der Waals surface area contributed by atoms with Crippen molar-refractivity contribution in [2.45, 2.75) is 44.4 Å². The summed E-state index contributed by atoms with van der Waals surface area (Å²) in [7, 11) is -9.46. The van der Waals surface area contributed by atoms with Gasteiger partial charge in [0.15, 0.2) is 0 Å². The largest absolute Gasteiger partial charge is 0.744 e. The van der Waals surface area contributed by atoms with Crippen LogP contribution in [0.2, 0.25) is 0 Å². The summed E-state index contributed by atoms with van der Waals surface area (Å²) in [6.45, 7) is 15.6. The van der Waals surface area contributed by atoms with Gasteiger partial charge in [-0.25, -0.2) is 30.9 Å². The highest BCUT2D eigenvalue weighted by Crippen LogP contribution is 2.43. The molecule has 0 fully saturated rings. The van der Waals surface area contributed by atoms with Crippen LogP contribution in [0.3, 0.4) is 0 Å². The van der Waals surface area contributed by atoms with Crippen LogP contribution < -0.4 is 19.6 Å². The standard InChI is InChI=1S/C33H39N3O8S2/c1-7-35(8-2)23-11-14-26-29(19-23)44-30-20-24(36(9-3)10-4)12-15-27(30)32(26)28-16-13-25(21-31(28)46(40,41)42)45(38,39)34-17-18-43-33(37)22(5)6/h11-16,19-21,34H,5,7-10,17-18H2,1-4,6H3. The molecule has 246 valence electrons. The predicted octanol–water partition coefficient (Wildman–Crippen LogP) is 4.16. The third kappa shape index (κ3) is 7.33. The number of fused-ring (bicyclic) bond motifs is 2. The maximum Gasteiger partial charge on any atom is 0.333 e. The minimum absolute atomic E-state index is 0.0429. The van der Waals surface area contributed by atoms with E-state index in [1.54, 1.807) is 0 Å². The highest BCUT2D eigenvalue weighted by atomic mass is 32.2. The molecule has 0 atom stereocenters. The fourth-order valence-corrected chi connectivity index (χ4v) is 7.16. The Balaban J connectivity index is 1.95. The fourth-order valence-electron chi connectivity index (χ4n) is 5.34. The average Bonchev–Trinajstić information content (AvgIpc) is 3.02. The first-order valence-electron chi connectivity index (χ1n) is 15.0. The van der Waals surface area contributed by atoms with E-state index in [-0.39, 0.29) is 24.3 Å². The Morgan fingerprint density at radius 2 is 1.63 bits per heavy atom. The number of benzene rings is 3. The van der Waals surface area contributed by atoms with Crippen molar-refractivity contribution in [3.05, 3.63) is 72.1 Å². The fraction of sp³-hybridized carbons (Fsp3) is 0.333. The zero-order valence-electron chi connectivity index (χ0n) is 26.6. The molecule has 0 saturated carbocycles. The summed E-state index contributed by atoms with van der Waals surface area (Å²) in [4.78, 5) is 12.6. The molecule has 1 heterocycles. The van der Waals surface area contributed by atoms with Gasteiger partial charge in [-0.15, -0.1) is 0 Å². The van der Waals surface area contributed by atoms with Crippen LogP contribution in [-0.4, -0.2) is 66.7 Å². The van der Waals surface area contributed by atoms with Crippen LogP contribution in [0.5, 0.6) is 0 Å². The Kier molecular flexibility index (Phi) is 10.7. The van der Waals surface area contributed by atoms with Gasteiger partial charge in [-0.3, -0.25) is 0 Å². The summed E-state index contributed by atoms with van der Waals surface area (Å²) in [6.07, 6.45) is 0. The molecule has 0 amide bonds. The first-order chi connectivity index (χ1) is 21.7. The second kappa shape index (κ2) is 14.2. The summed E-state index contributed by atoms with van der Waals surface area (Å²) < 4.78 is 80.2. The van der Waals surface area contributed by atoms with Gasteiger partial charge < -0.3 is 18.6 Å². The molecule has 0 aromatic heterocycles. The van der Waals surface area contributed by atoms with E-state index in [0.717, 1.165) is 43.3 Å². The number of esters is 1. The molecular weight excluding hydrogens is 631 g/mol. The zero-order chi connectivity index (χ0) is 33.8. The van der Waals surface area contributed by atoms with Gasteiger partial charge in [0.05, 0.1) is 15.9 Å². The van der Waals surface area contributed by atoms with Gasteiger partial charge in [0.2, 0.25) is 15.4 Å². The van der Waals surface area contributed by atoms with Crippen LogP contribution in [0.4, 0.5) is 5.69 Å². The molecule has 1 N–H and O–H groups in total. The van der Waals surface area contributed by atoms with Gasteiger partial charge in [-0.05, 0) is 65.0 Å². The highest BCUT2D eigenvalue weighted by Gasteiger charge is 2.25. The first kappa shape index (κ1) is 34.8. The molecule has 0 bridgehead atoms. The van der Waals surface area contributed by atoms with Gasteiger partial charge >= 0.3 is 5.97 Å². The SMILES string of the molecule is C=C(C)C(=O)OCCNS(=O)(=O)c1ccc(-c2c3ccc(=[N+](CC)CC)cc-3oc3cc(N(CC)CC)ccc23)c(S(=O)(=O)[O-])c1. The van der Waals surface area contributed by atoms with E-state index in [1.807, 2.05) is 64.1 Å². The van der Waals surface area contributed by atoms with E-state index >= 15 is 0 Å². The molecule has 0 saturated heterocycles. The predicted molar refractivity (Wildman–Crippen MR) is 177 cm³/mol. The average molecular weight is 670 g/mol. The van der Waals surface area contributed by atoms with Crippen molar-refractivity contribution in [1.29, 1.82) is 0 Å². The van der Waals surface area contributed by atoms with Crippen molar-refractivity contribution in [3.63, 3.8) is 0 Å². The number of hydrogen-bond donors (Lipinski definition) is 1. The maximum absolute atomic E-state index is 13.1. The summed E-state index contributed by atoms with van der Waals surface area (Å²) in [5.74, 6) is -0.203. The molecular formula is C33H39N3O8S2. The number of ether oxygens (including phenoxy) is 1. The molecule has 0 radical (unpaired) electrons. The number of anilines is 1. The molecule has 13 heteroatoms. The maximum atomic E-state index is 13.1. The lowest BCUT2D eigenvalue weighted by atomic mass is 9.93. The van der Waals surface area contributed by atoms with Crippen LogP contribution in [-0.2, 0) is 29.7 Å². The normalized spacial score (nSPS) is 12.0. The Hall–Kier alpha value is -4.04. The number of carbonyl (C=O) groups is 1. The molecule has 11 nitrogen and oxygen atoms in total. The van der Waals surface area contributed by atoms with Crippen LogP contribution >= 0.6 is 0 Å². The minimum atomic E-state index is -5.17. The highest BCUT2D eigenvalue weighted by molar-refractivity contribution is 7.89. The third-order valence-corrected chi connectivity index (χ3v) is 10.1. The van der Waals surface area contributed by atoms with Crippen molar-refractivity contribution >= 4 is 42.8 Å². The van der Waals surface area contributed by atoms with E-state index in [0.29, 0.717) is 27.9 Å². The van der Waals surface area contributed by atoms with Gasteiger partial charge in [-0.2, -0.15) is 0 Å². The second-order valence-corrected chi connectivity index (χ2v) is 13.7. The van der Waals surface area contributed by atoms with E-state index in [4.69, 9.17) is 9.15 Å². The number of hydrogen-bond acceptors (Lipinski definition) is 9. The smallest absolute Gasteiger partial charge is 0.333 e. The van der Waals surface area contributed by atoms with Crippen molar-refractivity contribution < 1.29 is 35.3 Å². The van der Waals surface area contributed by atoms with E-state index in [1.165, 1.54) is 19.1 Å². The van der Waals surface area contributed by atoms with Gasteiger partial charge in [0.1, 0.15) is 41.2 Å². The van der Waals surface area contributed by atoms with E-state index in [9.17, 15) is 26.2 Å². The number of rotatable bonds is 13. The number of carbonyl (C=O) groups excluding carboxylic acids is 1. The molecule has 0 spiro atoms. The topological polar surface area (TPSA) is 149 Å². The molecule has 1 aliphatic carbocycles. The van der Waals surface area contributed by atoms with Crippen LogP contribution in [0, 0.1) is 0 Å². The molecule has 2 aromatic carbocycles. The first-order valence-corrected chi connectivity index (χ1v) is 17.9. The molecule has 2 aliphatic rings. The lowest BCUT2D eigenvalue weighted by Crippen LogP contribution is -2.29. The van der Waals surface area contributed by atoms with Gasteiger partial charge in [0, 0.05) is 65.1 Å². The number of nitrogens with zero attached hydrogens (tertiary/aromatic N) is 2. The summed E-state index contributed by atoms with van der Waals surface area (Å²) in [6, 6.07) is 14.6. The zero-order valence-corrected chi connectivity index (χ0v) is 28.3. The minimum Gasteiger partial charge on any atom is -0.744 e. The molecule has 2 aromatic rings. The Bertz CT molecular complexity index is 2040. The van der Waals surface area contributed by atoms with Crippen molar-refractivity contribution in [3.8, 4) is 22.5 Å². The summed E-state index contributed by atoms with van der Waals surface area (Å²) in [5, 5.41) is 1.46. The second-order valence-electron chi connectivity index (χ2n) is 10.6. The quantitative estimate of drug-likeness (QED) is 0.0553. The summed E-state index contributed by atoms with van der Waals surface area (Å²) >= 11 is 0. The third-order valence-electron chi connectivity index (χ3n) is 7.72. The van der Waals surface area contributed by atoms with Crippen molar-refractivity contribution in [2.75, 3.05) is 44.2 Å². The van der Waals surface area contributed by atoms with Crippen molar-refractivity contribution in [1.82, 2.24) is 9.30 Å². The van der Waals surface area contributed by atoms with Gasteiger partial charge in [0.25, 0.3) is 0 Å². The Labute approximate surface area is 270 Å². The number of nitrogens with one attached hydrogen (secondary N) is 1. The Morgan fingerprint density at radius 1 is 0.957 bits per heavy atom. The monoisotopic (exact) mass is 669 g/mol. The lowest BCUT2D eigenvalue weighted by molar-refractivity contribution is -0.138. The van der Waals surface area contributed by atoms with Crippen LogP contribution in [0.1, 0.15) is 34.6 Å². The molecule has 1 aliphatic heterocycles. The van der Waals surface area contributed by atoms with Crippen LogP contribution in [0.25, 0.3) is 33.4 Å². The number of sulfonamides is 1. The molecule has 4 rings (SSSR count). The molecule has 46 heavy (non-hydrogen) atoms. The van der Waals surface area contributed by atoms with E-state index in [2.05, 4.69) is 20.8 Å². The van der Waals surface area contributed by atoms with Crippen molar-refractivity contribution in [2.24, 2.45) is 0 Å². The van der Waals surface area contributed by atoms with E-state index < -0.39 is 35.9 Å². The van der Waals surface area contributed by atoms with Gasteiger partial charge in [-0.1, -0.05) is 12.6 Å². The van der Waals surface area contributed by atoms with Crippen LogP contribution in [0.15, 0.2) is 81.0 Å². The Morgan fingerprint density at radius 3 is 2.24 bits per heavy atom. The lowest BCUT2D eigenvalue weighted by Gasteiger charge is -2.23. The molecule has 0 unspecified atom stereocenters.